The molecule has 0 radical (unpaired) electrons. The third kappa shape index (κ3) is 4.07. The van der Waals surface area contributed by atoms with Gasteiger partial charge in [0.1, 0.15) is 18.1 Å². The summed E-state index contributed by atoms with van der Waals surface area (Å²) in [5.41, 5.74) is 5.29. The van der Waals surface area contributed by atoms with Crippen LogP contribution in [0.25, 0.3) is 0 Å². The number of piperidine rings is 1. The Bertz CT molecular complexity index is 755. The Hall–Kier alpha value is -2.22. The van der Waals surface area contributed by atoms with Crippen molar-refractivity contribution in [1.29, 1.82) is 0 Å². The fraction of sp³-hybridized carbons (Fsp3) is 0.471. The average molecular weight is 362 g/mol. The second-order valence-electron chi connectivity index (χ2n) is 6.17. The van der Waals surface area contributed by atoms with Gasteiger partial charge >= 0.3 is 0 Å². The van der Waals surface area contributed by atoms with Gasteiger partial charge in [-0.05, 0) is 31.2 Å². The Balaban J connectivity index is 1.71. The van der Waals surface area contributed by atoms with Gasteiger partial charge in [0.2, 0.25) is 5.91 Å². The van der Waals surface area contributed by atoms with Crippen molar-refractivity contribution in [1.82, 2.24) is 14.5 Å². The van der Waals surface area contributed by atoms with E-state index >= 15 is 0 Å². The van der Waals surface area contributed by atoms with Crippen LogP contribution in [-0.4, -0.2) is 45.6 Å². The highest BCUT2D eigenvalue weighted by Crippen LogP contribution is 2.27. The molecule has 25 heavy (non-hydrogen) atoms. The Morgan fingerprint density at radius 1 is 1.44 bits per heavy atom. The van der Waals surface area contributed by atoms with Crippen LogP contribution in [0, 0.1) is 0 Å². The largest absolute Gasteiger partial charge is 0.455 e. The minimum Gasteiger partial charge on any atom is -0.455 e. The van der Waals surface area contributed by atoms with Crippen LogP contribution in [0.4, 0.5) is 0 Å². The first-order valence-electron chi connectivity index (χ1n) is 8.24. The SMILES string of the molecule is CSCc1ccc(C(=O)N2CCCC(c3nccn3CC(N)=O)C2)o1. The minimum absolute atomic E-state index is 0.0904. The maximum atomic E-state index is 12.7. The molecule has 3 rings (SSSR count). The summed E-state index contributed by atoms with van der Waals surface area (Å²) in [5, 5.41) is 0. The number of aromatic nitrogens is 2. The second kappa shape index (κ2) is 7.77. The summed E-state index contributed by atoms with van der Waals surface area (Å²) >= 11 is 1.65. The number of likely N-dealkylation sites (tertiary alicyclic amines) is 1. The van der Waals surface area contributed by atoms with Gasteiger partial charge in [0.15, 0.2) is 5.76 Å². The number of hydrogen-bond donors (Lipinski definition) is 1. The van der Waals surface area contributed by atoms with Crippen molar-refractivity contribution in [2.24, 2.45) is 5.73 Å². The molecular formula is C17H22N4O3S. The number of furan rings is 1. The molecule has 2 amide bonds. The van der Waals surface area contributed by atoms with Gasteiger partial charge in [-0.3, -0.25) is 9.59 Å². The molecule has 2 aromatic rings. The van der Waals surface area contributed by atoms with Crippen molar-refractivity contribution >= 4 is 23.6 Å². The van der Waals surface area contributed by atoms with Crippen LogP contribution in [-0.2, 0) is 17.1 Å². The molecule has 8 heteroatoms. The van der Waals surface area contributed by atoms with Crippen molar-refractivity contribution < 1.29 is 14.0 Å². The van der Waals surface area contributed by atoms with E-state index in [1.807, 2.05) is 12.3 Å². The van der Waals surface area contributed by atoms with E-state index < -0.39 is 5.91 Å². The number of hydrogen-bond acceptors (Lipinski definition) is 5. The smallest absolute Gasteiger partial charge is 0.289 e. The quantitative estimate of drug-likeness (QED) is 0.846. The number of imidazole rings is 1. The number of primary amides is 1. The van der Waals surface area contributed by atoms with Crippen molar-refractivity contribution in [2.45, 2.75) is 31.1 Å². The lowest BCUT2D eigenvalue weighted by Crippen LogP contribution is -2.39. The number of nitrogens with two attached hydrogens (primary N) is 1. The Morgan fingerprint density at radius 3 is 3.04 bits per heavy atom. The number of rotatable bonds is 6. The second-order valence-corrected chi connectivity index (χ2v) is 7.03. The van der Waals surface area contributed by atoms with E-state index in [9.17, 15) is 9.59 Å². The molecule has 2 N–H and O–H groups in total. The molecule has 0 saturated carbocycles. The fourth-order valence-electron chi connectivity index (χ4n) is 3.22. The molecule has 7 nitrogen and oxygen atoms in total. The van der Waals surface area contributed by atoms with Crippen LogP contribution in [0.15, 0.2) is 28.9 Å². The average Bonchev–Trinajstić information content (AvgIpc) is 3.24. The lowest BCUT2D eigenvalue weighted by atomic mass is 9.97. The van der Waals surface area contributed by atoms with Crippen molar-refractivity contribution in [2.75, 3.05) is 19.3 Å². The van der Waals surface area contributed by atoms with Gasteiger partial charge in [-0.25, -0.2) is 4.98 Å². The van der Waals surface area contributed by atoms with E-state index in [1.54, 1.807) is 39.7 Å². The zero-order valence-corrected chi connectivity index (χ0v) is 15.0. The topological polar surface area (TPSA) is 94.4 Å². The monoisotopic (exact) mass is 362 g/mol. The zero-order valence-electron chi connectivity index (χ0n) is 14.2. The van der Waals surface area contributed by atoms with Crippen LogP contribution < -0.4 is 5.73 Å². The lowest BCUT2D eigenvalue weighted by Gasteiger charge is -2.32. The lowest BCUT2D eigenvalue weighted by molar-refractivity contribution is -0.118. The van der Waals surface area contributed by atoms with Crippen LogP contribution in [0.1, 0.15) is 40.9 Å². The summed E-state index contributed by atoms with van der Waals surface area (Å²) in [6.07, 6.45) is 7.23. The summed E-state index contributed by atoms with van der Waals surface area (Å²) in [5.74, 6) is 2.34. The Kier molecular flexibility index (Phi) is 5.47. The van der Waals surface area contributed by atoms with E-state index in [2.05, 4.69) is 4.98 Å². The number of carbonyl (C=O) groups is 2. The molecule has 1 atom stereocenters. The summed E-state index contributed by atoms with van der Waals surface area (Å²) in [4.78, 5) is 30.1. The minimum atomic E-state index is -0.403. The zero-order chi connectivity index (χ0) is 17.8. The van der Waals surface area contributed by atoms with Crippen LogP contribution in [0.3, 0.4) is 0 Å². The maximum Gasteiger partial charge on any atom is 0.289 e. The summed E-state index contributed by atoms with van der Waals surface area (Å²) < 4.78 is 7.42. The number of amides is 2. The molecule has 1 fully saturated rings. The van der Waals surface area contributed by atoms with Gasteiger partial charge in [-0.15, -0.1) is 0 Å². The van der Waals surface area contributed by atoms with E-state index in [0.29, 0.717) is 18.8 Å². The van der Waals surface area contributed by atoms with E-state index in [-0.39, 0.29) is 18.4 Å². The first kappa shape index (κ1) is 17.6. The molecule has 0 spiro atoms. The number of nitrogens with zero attached hydrogens (tertiary/aromatic N) is 3. The maximum absolute atomic E-state index is 12.7. The van der Waals surface area contributed by atoms with E-state index in [4.69, 9.17) is 10.2 Å². The third-order valence-corrected chi connectivity index (χ3v) is 4.88. The Labute approximate surface area is 150 Å². The molecule has 0 bridgehead atoms. The highest BCUT2D eigenvalue weighted by atomic mass is 32.2. The molecule has 134 valence electrons. The fourth-order valence-corrected chi connectivity index (χ4v) is 3.66. The van der Waals surface area contributed by atoms with Crippen LogP contribution in [0.2, 0.25) is 0 Å². The van der Waals surface area contributed by atoms with Gasteiger partial charge in [0.25, 0.3) is 5.91 Å². The van der Waals surface area contributed by atoms with E-state index in [1.165, 1.54) is 0 Å². The first-order valence-corrected chi connectivity index (χ1v) is 9.64. The summed E-state index contributed by atoms with van der Waals surface area (Å²) in [6, 6.07) is 3.59. The standard InChI is InChI=1S/C17H22N4O3S/c1-25-11-13-4-5-14(24-13)17(23)21-7-2-3-12(9-21)16-19-6-8-20(16)10-15(18)22/h4-6,8,12H,2-3,7,9-11H2,1H3,(H2,18,22). The van der Waals surface area contributed by atoms with Gasteiger partial charge in [0, 0.05) is 31.4 Å². The number of carbonyl (C=O) groups excluding carboxylic acids is 2. The van der Waals surface area contributed by atoms with Crippen molar-refractivity contribution in [3.05, 3.63) is 41.9 Å². The summed E-state index contributed by atoms with van der Waals surface area (Å²) in [6.45, 7) is 1.37. The Morgan fingerprint density at radius 2 is 2.28 bits per heavy atom. The molecule has 3 heterocycles. The van der Waals surface area contributed by atoms with Crippen LogP contribution in [0.5, 0.6) is 0 Å². The highest BCUT2D eigenvalue weighted by molar-refractivity contribution is 7.97. The van der Waals surface area contributed by atoms with Gasteiger partial charge in [-0.2, -0.15) is 11.8 Å². The summed E-state index contributed by atoms with van der Waals surface area (Å²) in [7, 11) is 0. The van der Waals surface area contributed by atoms with Gasteiger partial charge in [-0.1, -0.05) is 0 Å². The molecule has 0 aliphatic carbocycles. The van der Waals surface area contributed by atoms with Crippen molar-refractivity contribution in [3.63, 3.8) is 0 Å². The molecule has 1 saturated heterocycles. The van der Waals surface area contributed by atoms with Gasteiger partial charge < -0.3 is 19.6 Å². The third-order valence-electron chi connectivity index (χ3n) is 4.31. The molecule has 1 aliphatic rings. The van der Waals surface area contributed by atoms with Crippen LogP contribution >= 0.6 is 11.8 Å². The van der Waals surface area contributed by atoms with Gasteiger partial charge in [0.05, 0.1) is 5.75 Å². The molecule has 1 aliphatic heterocycles. The molecule has 2 aromatic heterocycles. The van der Waals surface area contributed by atoms with E-state index in [0.717, 1.165) is 30.2 Å². The molecule has 1 unspecified atom stereocenters. The first-order chi connectivity index (χ1) is 12.1. The normalized spacial score (nSPS) is 17.6. The highest BCUT2D eigenvalue weighted by Gasteiger charge is 2.29. The van der Waals surface area contributed by atoms with Crippen molar-refractivity contribution in [3.8, 4) is 0 Å². The molecular weight excluding hydrogens is 340 g/mol. The predicted octanol–water partition coefficient (Wildman–Crippen LogP) is 1.84. The predicted molar refractivity (Wildman–Crippen MR) is 95.2 cm³/mol. The number of thioether (sulfide) groups is 1. The molecule has 0 aromatic carbocycles.